The molecule has 184 valence electrons. The zero-order chi connectivity index (χ0) is 25.1. The average Bonchev–Trinajstić information content (AvgIpc) is 3.24. The smallest absolute Gasteiger partial charge is 0.234 e. The van der Waals surface area contributed by atoms with Crippen molar-refractivity contribution in [3.8, 4) is 0 Å². The summed E-state index contributed by atoms with van der Waals surface area (Å²) in [6.45, 7) is 1.17. The number of likely N-dealkylation sites (tertiary alicyclic amines) is 1. The highest BCUT2D eigenvalue weighted by molar-refractivity contribution is 5.87. The van der Waals surface area contributed by atoms with Gasteiger partial charge in [-0.1, -0.05) is 30.3 Å². The molecule has 4 nitrogen and oxygen atoms in total. The number of hydrogen-bond acceptors (Lipinski definition) is 3. The summed E-state index contributed by atoms with van der Waals surface area (Å²) in [6, 6.07) is 13.3. The topological polar surface area (TPSA) is 43.8 Å². The first-order valence-electron chi connectivity index (χ1n) is 11.4. The van der Waals surface area contributed by atoms with Crippen LogP contribution in [0.3, 0.4) is 0 Å². The molecule has 1 fully saturated rings. The van der Waals surface area contributed by atoms with Gasteiger partial charge in [-0.05, 0) is 47.9 Å². The van der Waals surface area contributed by atoms with Crippen LogP contribution in [-0.2, 0) is 4.79 Å². The fourth-order valence-electron chi connectivity index (χ4n) is 4.57. The molecule has 1 N–H and O–H groups in total. The highest BCUT2D eigenvalue weighted by atomic mass is 19.1. The van der Waals surface area contributed by atoms with Crippen LogP contribution in [0.5, 0.6) is 0 Å². The van der Waals surface area contributed by atoms with E-state index in [4.69, 9.17) is 0 Å². The minimum Gasteiger partial charge on any atom is -0.392 e. The van der Waals surface area contributed by atoms with Crippen molar-refractivity contribution < 1.29 is 27.5 Å². The average molecular weight is 487 g/mol. The van der Waals surface area contributed by atoms with E-state index in [-0.39, 0.29) is 12.1 Å². The number of carbonyl (C=O) groups excluding carboxylic acids is 1. The van der Waals surface area contributed by atoms with Crippen LogP contribution in [0.2, 0.25) is 0 Å². The van der Waals surface area contributed by atoms with Crippen molar-refractivity contribution in [3.63, 3.8) is 0 Å². The molecule has 1 saturated heterocycles. The largest absolute Gasteiger partial charge is 0.392 e. The van der Waals surface area contributed by atoms with Gasteiger partial charge < -0.3 is 10.0 Å². The number of aliphatic hydroxyl groups excluding tert-OH is 1. The second-order valence-electron chi connectivity index (χ2n) is 8.87. The van der Waals surface area contributed by atoms with Gasteiger partial charge in [0.25, 0.3) is 0 Å². The van der Waals surface area contributed by atoms with Gasteiger partial charge in [-0.3, -0.25) is 9.69 Å². The first-order valence-corrected chi connectivity index (χ1v) is 11.4. The first kappa shape index (κ1) is 24.9. The van der Waals surface area contributed by atoms with Crippen LogP contribution >= 0.6 is 0 Å². The Morgan fingerprint density at radius 2 is 1.49 bits per heavy atom. The van der Waals surface area contributed by atoms with Crippen molar-refractivity contribution >= 4 is 5.91 Å². The predicted octanol–water partition coefficient (Wildman–Crippen LogP) is 4.64. The molecule has 3 aromatic rings. The van der Waals surface area contributed by atoms with E-state index in [1.54, 1.807) is 0 Å². The Balaban J connectivity index is 1.73. The van der Waals surface area contributed by atoms with E-state index in [0.29, 0.717) is 30.6 Å². The predicted molar refractivity (Wildman–Crippen MR) is 124 cm³/mol. The molecule has 0 aliphatic carbocycles. The van der Waals surface area contributed by atoms with Crippen molar-refractivity contribution in [2.75, 3.05) is 26.7 Å². The Morgan fingerprint density at radius 1 is 0.943 bits per heavy atom. The summed E-state index contributed by atoms with van der Waals surface area (Å²) >= 11 is 0. The zero-order valence-corrected chi connectivity index (χ0v) is 19.2. The Bertz CT molecular complexity index is 1130. The quantitative estimate of drug-likeness (QED) is 0.495. The van der Waals surface area contributed by atoms with Gasteiger partial charge >= 0.3 is 0 Å². The number of β-amino-alcohol motifs (C(OH)–C–C–N with tert-alkyl or cyclic N) is 1. The minimum absolute atomic E-state index is 0.139. The first-order chi connectivity index (χ1) is 16.7. The number of rotatable bonds is 7. The standard InChI is InChI=1S/C27H26F4N2O2/c1-32(25(16-33-13-12-22(34)15-33)23-11-10-21(30)14-24(23)31)27(35)26(17-2-6-19(28)7-3-17)18-4-8-20(29)9-5-18/h2-11,14,22,25-26,34H,12-13,15-16H2,1H3/t22-,25+/m0/s1. The molecule has 0 spiro atoms. The monoisotopic (exact) mass is 486 g/mol. The van der Waals surface area contributed by atoms with E-state index >= 15 is 0 Å². The van der Waals surface area contributed by atoms with E-state index in [9.17, 15) is 27.5 Å². The number of nitrogens with zero attached hydrogens (tertiary/aromatic N) is 2. The maximum Gasteiger partial charge on any atom is 0.234 e. The Kier molecular flexibility index (Phi) is 7.52. The van der Waals surface area contributed by atoms with Gasteiger partial charge in [0, 0.05) is 38.3 Å². The molecule has 0 unspecified atom stereocenters. The fourth-order valence-corrected chi connectivity index (χ4v) is 4.57. The van der Waals surface area contributed by atoms with Crippen molar-refractivity contribution in [2.45, 2.75) is 24.5 Å². The molecule has 8 heteroatoms. The summed E-state index contributed by atoms with van der Waals surface area (Å²) in [7, 11) is 1.53. The van der Waals surface area contributed by atoms with Crippen LogP contribution in [-0.4, -0.2) is 53.6 Å². The maximum absolute atomic E-state index is 14.9. The van der Waals surface area contributed by atoms with Gasteiger partial charge in [0.2, 0.25) is 5.91 Å². The lowest BCUT2D eigenvalue weighted by atomic mass is 9.89. The van der Waals surface area contributed by atoms with Crippen molar-refractivity contribution in [1.29, 1.82) is 0 Å². The van der Waals surface area contributed by atoms with E-state index < -0.39 is 47.2 Å². The Morgan fingerprint density at radius 3 is 1.97 bits per heavy atom. The van der Waals surface area contributed by atoms with E-state index in [2.05, 4.69) is 0 Å². The lowest BCUT2D eigenvalue weighted by Crippen LogP contribution is -2.41. The third-order valence-electron chi connectivity index (χ3n) is 6.47. The SMILES string of the molecule is CN(C(=O)C(c1ccc(F)cc1)c1ccc(F)cc1)[C@H](CN1CC[C@H](O)C1)c1ccc(F)cc1F. The molecule has 0 radical (unpaired) electrons. The van der Waals surface area contributed by atoms with Gasteiger partial charge in [-0.25, -0.2) is 17.6 Å². The Labute approximate surface area is 201 Å². The highest BCUT2D eigenvalue weighted by Gasteiger charge is 2.34. The van der Waals surface area contributed by atoms with Crippen molar-refractivity contribution in [2.24, 2.45) is 0 Å². The molecular formula is C27H26F4N2O2. The van der Waals surface area contributed by atoms with Crippen LogP contribution in [0, 0.1) is 23.3 Å². The minimum atomic E-state index is -0.906. The molecule has 35 heavy (non-hydrogen) atoms. The number of benzene rings is 3. The molecule has 1 aliphatic heterocycles. The second-order valence-corrected chi connectivity index (χ2v) is 8.87. The fraction of sp³-hybridized carbons (Fsp3) is 0.296. The molecule has 1 aliphatic rings. The molecule has 4 rings (SSSR count). The van der Waals surface area contributed by atoms with Gasteiger partial charge in [0.15, 0.2) is 0 Å². The highest BCUT2D eigenvalue weighted by Crippen LogP contribution is 2.32. The number of halogens is 4. The number of aliphatic hydroxyl groups is 1. The molecule has 1 amide bonds. The van der Waals surface area contributed by atoms with Crippen molar-refractivity contribution in [1.82, 2.24) is 9.80 Å². The molecule has 1 heterocycles. The van der Waals surface area contributed by atoms with Crippen LogP contribution < -0.4 is 0 Å². The van der Waals surface area contributed by atoms with Crippen LogP contribution in [0.1, 0.15) is 35.1 Å². The number of hydrogen-bond donors (Lipinski definition) is 1. The van der Waals surface area contributed by atoms with E-state index in [1.165, 1.54) is 66.5 Å². The number of likely N-dealkylation sites (N-methyl/N-ethyl adjacent to an activating group) is 1. The van der Waals surface area contributed by atoms with Gasteiger partial charge in [0.05, 0.1) is 18.1 Å². The van der Waals surface area contributed by atoms with E-state index in [1.807, 2.05) is 4.90 Å². The number of carbonyl (C=O) groups is 1. The molecule has 3 aromatic carbocycles. The zero-order valence-electron chi connectivity index (χ0n) is 19.2. The van der Waals surface area contributed by atoms with Gasteiger partial charge in [-0.2, -0.15) is 0 Å². The third kappa shape index (κ3) is 5.71. The summed E-state index contributed by atoms with van der Waals surface area (Å²) in [6.07, 6.45) is 0.0465. The summed E-state index contributed by atoms with van der Waals surface area (Å²) in [5.74, 6) is -3.77. The molecule has 2 atom stereocenters. The maximum atomic E-state index is 14.9. The summed E-state index contributed by atoms with van der Waals surface area (Å²) < 4.78 is 55.7. The summed E-state index contributed by atoms with van der Waals surface area (Å²) in [5, 5.41) is 9.95. The Hall–Kier alpha value is -3.23. The molecule has 0 saturated carbocycles. The molecule has 0 aromatic heterocycles. The summed E-state index contributed by atoms with van der Waals surface area (Å²) in [5.41, 5.74) is 1.12. The van der Waals surface area contributed by atoms with Crippen LogP contribution in [0.4, 0.5) is 17.6 Å². The lowest BCUT2D eigenvalue weighted by Gasteiger charge is -2.34. The summed E-state index contributed by atoms with van der Waals surface area (Å²) in [4.78, 5) is 17.2. The third-order valence-corrected chi connectivity index (χ3v) is 6.47. The second kappa shape index (κ2) is 10.6. The van der Waals surface area contributed by atoms with Crippen molar-refractivity contribution in [3.05, 3.63) is 107 Å². The molecule has 0 bridgehead atoms. The van der Waals surface area contributed by atoms with Gasteiger partial charge in [-0.15, -0.1) is 0 Å². The molecular weight excluding hydrogens is 460 g/mol. The normalized spacial score (nSPS) is 17.1. The van der Waals surface area contributed by atoms with Gasteiger partial charge in [0.1, 0.15) is 23.3 Å². The lowest BCUT2D eigenvalue weighted by molar-refractivity contribution is -0.133. The number of amides is 1. The van der Waals surface area contributed by atoms with Crippen LogP contribution in [0.25, 0.3) is 0 Å². The van der Waals surface area contributed by atoms with E-state index in [0.717, 1.165) is 12.1 Å². The van der Waals surface area contributed by atoms with Crippen LogP contribution in [0.15, 0.2) is 66.7 Å².